The van der Waals surface area contributed by atoms with Gasteiger partial charge >= 0.3 is 0 Å². The molecule has 2 heterocycles. The van der Waals surface area contributed by atoms with Crippen molar-refractivity contribution in [2.75, 3.05) is 13.6 Å². The van der Waals surface area contributed by atoms with Crippen LogP contribution in [0.15, 0.2) is 18.3 Å². The largest absolute Gasteiger partial charge is 0.299 e. The van der Waals surface area contributed by atoms with E-state index in [4.69, 9.17) is 6.42 Å². The predicted octanol–water partition coefficient (Wildman–Crippen LogP) is 2.86. The molecule has 0 aliphatic carbocycles. The Hall–Kier alpha value is -1.33. The lowest BCUT2D eigenvalue weighted by molar-refractivity contribution is 0.317. The lowest BCUT2D eigenvalue weighted by atomic mass is 10.1. The maximum Gasteiger partial charge on any atom is 0.112 e. The SMILES string of the molecule is C#Cc1ccc(C2CCCN2C)cn1.CC. The van der Waals surface area contributed by atoms with Crippen LogP contribution in [-0.4, -0.2) is 23.5 Å². The first-order valence-corrected chi connectivity index (χ1v) is 5.94. The maximum absolute atomic E-state index is 5.26. The number of nitrogens with zero attached hydrogens (tertiary/aromatic N) is 2. The summed E-state index contributed by atoms with van der Waals surface area (Å²) in [6.07, 6.45) is 9.67. The van der Waals surface area contributed by atoms with Crippen LogP contribution in [0.2, 0.25) is 0 Å². The zero-order valence-corrected chi connectivity index (χ0v) is 10.4. The first-order valence-electron chi connectivity index (χ1n) is 5.94. The second-order valence-corrected chi connectivity index (χ2v) is 3.76. The van der Waals surface area contributed by atoms with Gasteiger partial charge in [-0.2, -0.15) is 0 Å². The summed E-state index contributed by atoms with van der Waals surface area (Å²) in [5.74, 6) is 2.53. The molecule has 1 saturated heterocycles. The number of aromatic nitrogens is 1. The van der Waals surface area contributed by atoms with Gasteiger partial charge in [-0.15, -0.1) is 6.42 Å². The van der Waals surface area contributed by atoms with E-state index in [1.165, 1.54) is 24.9 Å². The summed E-state index contributed by atoms with van der Waals surface area (Å²) in [6, 6.07) is 4.55. The van der Waals surface area contributed by atoms with Crippen molar-refractivity contribution in [3.05, 3.63) is 29.6 Å². The van der Waals surface area contributed by atoms with Crippen molar-refractivity contribution < 1.29 is 0 Å². The summed E-state index contributed by atoms with van der Waals surface area (Å²) < 4.78 is 0. The van der Waals surface area contributed by atoms with Crippen molar-refractivity contribution in [3.63, 3.8) is 0 Å². The molecular formula is C14H20N2. The summed E-state index contributed by atoms with van der Waals surface area (Å²) >= 11 is 0. The Balaban J connectivity index is 0.000000606. The zero-order valence-electron chi connectivity index (χ0n) is 10.4. The molecule has 86 valence electrons. The molecule has 2 rings (SSSR count). The van der Waals surface area contributed by atoms with Crippen molar-refractivity contribution in [2.24, 2.45) is 0 Å². The molecule has 2 nitrogen and oxygen atoms in total. The highest BCUT2D eigenvalue weighted by atomic mass is 15.1. The molecular weight excluding hydrogens is 196 g/mol. The summed E-state index contributed by atoms with van der Waals surface area (Å²) in [6.45, 7) is 5.18. The molecule has 0 N–H and O–H groups in total. The van der Waals surface area contributed by atoms with Gasteiger partial charge < -0.3 is 0 Å². The number of likely N-dealkylation sites (tertiary alicyclic amines) is 1. The number of terminal acetylenes is 1. The second kappa shape index (κ2) is 6.30. The van der Waals surface area contributed by atoms with Gasteiger partial charge in [0.05, 0.1) is 0 Å². The highest BCUT2D eigenvalue weighted by molar-refractivity contribution is 5.27. The van der Waals surface area contributed by atoms with Gasteiger partial charge in [-0.05, 0) is 38.1 Å². The molecule has 1 aliphatic rings. The molecule has 1 aromatic rings. The first kappa shape index (κ1) is 12.7. The molecule has 0 saturated carbocycles. The fourth-order valence-corrected chi connectivity index (χ4v) is 2.02. The molecule has 0 bridgehead atoms. The molecule has 1 aliphatic heterocycles. The lowest BCUT2D eigenvalue weighted by Crippen LogP contribution is -2.17. The van der Waals surface area contributed by atoms with E-state index >= 15 is 0 Å². The van der Waals surface area contributed by atoms with Gasteiger partial charge in [-0.3, -0.25) is 4.90 Å². The van der Waals surface area contributed by atoms with Crippen molar-refractivity contribution >= 4 is 0 Å². The monoisotopic (exact) mass is 216 g/mol. The number of hydrogen-bond acceptors (Lipinski definition) is 2. The average molecular weight is 216 g/mol. The van der Waals surface area contributed by atoms with Crippen LogP contribution in [0.5, 0.6) is 0 Å². The topological polar surface area (TPSA) is 16.1 Å². The molecule has 2 heteroatoms. The Morgan fingerprint density at radius 2 is 2.19 bits per heavy atom. The smallest absolute Gasteiger partial charge is 0.112 e. The first-order chi connectivity index (χ1) is 7.81. The van der Waals surface area contributed by atoms with Crippen molar-refractivity contribution in [3.8, 4) is 12.3 Å². The number of rotatable bonds is 1. The van der Waals surface area contributed by atoms with E-state index in [-0.39, 0.29) is 0 Å². The second-order valence-electron chi connectivity index (χ2n) is 3.76. The third-order valence-electron chi connectivity index (χ3n) is 2.84. The molecule has 1 unspecified atom stereocenters. The quantitative estimate of drug-likeness (QED) is 0.671. The molecule has 0 spiro atoms. The standard InChI is InChI=1S/C12H14N2.C2H6/c1-3-11-7-6-10(9-13-11)12-5-4-8-14(12)2;1-2/h1,6-7,9,12H,4-5,8H2,2H3;1-2H3. The van der Waals surface area contributed by atoms with Crippen LogP contribution in [0.1, 0.15) is 44.0 Å². The minimum absolute atomic E-state index is 0.536. The van der Waals surface area contributed by atoms with Gasteiger partial charge in [0.2, 0.25) is 0 Å². The highest BCUT2D eigenvalue weighted by Gasteiger charge is 2.22. The van der Waals surface area contributed by atoms with E-state index in [0.717, 1.165) is 5.69 Å². The van der Waals surface area contributed by atoms with Crippen molar-refractivity contribution in [1.82, 2.24) is 9.88 Å². The van der Waals surface area contributed by atoms with Crippen molar-refractivity contribution in [2.45, 2.75) is 32.7 Å². The van der Waals surface area contributed by atoms with Crippen LogP contribution < -0.4 is 0 Å². The fraction of sp³-hybridized carbons (Fsp3) is 0.500. The summed E-state index contributed by atoms with van der Waals surface area (Å²) in [5, 5.41) is 0. The number of pyridine rings is 1. The van der Waals surface area contributed by atoms with Crippen LogP contribution in [0.3, 0.4) is 0 Å². The summed E-state index contributed by atoms with van der Waals surface area (Å²) in [7, 11) is 2.16. The highest BCUT2D eigenvalue weighted by Crippen LogP contribution is 2.29. The Kier molecular flexibility index (Phi) is 5.01. The molecule has 1 aromatic heterocycles. The number of hydrogen-bond donors (Lipinski definition) is 0. The minimum Gasteiger partial charge on any atom is -0.299 e. The molecule has 0 aromatic carbocycles. The molecule has 0 amide bonds. The Morgan fingerprint density at radius 1 is 1.44 bits per heavy atom. The normalized spacial score (nSPS) is 19.8. The molecule has 1 fully saturated rings. The van der Waals surface area contributed by atoms with E-state index in [9.17, 15) is 0 Å². The average Bonchev–Trinajstić information content (AvgIpc) is 2.78. The van der Waals surface area contributed by atoms with E-state index < -0.39 is 0 Å². The van der Waals surface area contributed by atoms with E-state index in [2.05, 4.69) is 28.9 Å². The van der Waals surface area contributed by atoms with Gasteiger partial charge in [-0.1, -0.05) is 25.8 Å². The van der Waals surface area contributed by atoms with Crippen LogP contribution in [0, 0.1) is 12.3 Å². The van der Waals surface area contributed by atoms with Gasteiger partial charge in [0.25, 0.3) is 0 Å². The van der Waals surface area contributed by atoms with Gasteiger partial charge in [0.1, 0.15) is 5.69 Å². The third-order valence-corrected chi connectivity index (χ3v) is 2.84. The van der Waals surface area contributed by atoms with Gasteiger partial charge in [-0.25, -0.2) is 4.98 Å². The third kappa shape index (κ3) is 2.84. The van der Waals surface area contributed by atoms with E-state index in [0.29, 0.717) is 6.04 Å². The minimum atomic E-state index is 0.536. The molecule has 1 atom stereocenters. The van der Waals surface area contributed by atoms with Gasteiger partial charge in [0, 0.05) is 12.2 Å². The lowest BCUT2D eigenvalue weighted by Gasteiger charge is -2.19. The van der Waals surface area contributed by atoms with Crippen LogP contribution in [-0.2, 0) is 0 Å². The van der Waals surface area contributed by atoms with Crippen molar-refractivity contribution in [1.29, 1.82) is 0 Å². The predicted molar refractivity (Wildman–Crippen MR) is 68.1 cm³/mol. The van der Waals surface area contributed by atoms with E-state index in [1.54, 1.807) is 0 Å². The zero-order chi connectivity index (χ0) is 12.0. The fourth-order valence-electron chi connectivity index (χ4n) is 2.02. The molecule has 0 radical (unpaired) electrons. The molecule has 16 heavy (non-hydrogen) atoms. The Labute approximate surface area is 98.7 Å². The Morgan fingerprint density at radius 3 is 2.62 bits per heavy atom. The van der Waals surface area contributed by atoms with Crippen LogP contribution in [0.25, 0.3) is 0 Å². The van der Waals surface area contributed by atoms with Crippen LogP contribution in [0.4, 0.5) is 0 Å². The van der Waals surface area contributed by atoms with E-state index in [1.807, 2.05) is 26.1 Å². The Bertz CT molecular complexity index is 348. The summed E-state index contributed by atoms with van der Waals surface area (Å²) in [5.41, 5.74) is 2.00. The summed E-state index contributed by atoms with van der Waals surface area (Å²) in [4.78, 5) is 6.58. The van der Waals surface area contributed by atoms with Crippen LogP contribution >= 0.6 is 0 Å². The maximum atomic E-state index is 5.26. The van der Waals surface area contributed by atoms with Gasteiger partial charge in [0.15, 0.2) is 0 Å².